The number of halogens is 3. The molecule has 1 aliphatic heterocycles. The van der Waals surface area contributed by atoms with Gasteiger partial charge < -0.3 is 24.4 Å². The molecule has 5 rings (SSSR count). The summed E-state index contributed by atoms with van der Waals surface area (Å²) < 4.78 is 45.8. The van der Waals surface area contributed by atoms with Gasteiger partial charge in [-0.05, 0) is 79.2 Å². The van der Waals surface area contributed by atoms with E-state index in [0.717, 1.165) is 40.5 Å². The number of carbonyl (C=O) groups excluding carboxylic acids is 2. The van der Waals surface area contributed by atoms with Crippen molar-refractivity contribution >= 4 is 17.6 Å². The maximum Gasteiger partial charge on any atom is 0.416 e. The number of piperazine rings is 1. The van der Waals surface area contributed by atoms with Crippen LogP contribution in [0.15, 0.2) is 84.9 Å². The second kappa shape index (κ2) is 11.4. The van der Waals surface area contributed by atoms with Gasteiger partial charge in [0.1, 0.15) is 5.75 Å². The molecule has 0 radical (unpaired) electrons. The van der Waals surface area contributed by atoms with Crippen LogP contribution in [-0.4, -0.2) is 59.6 Å². The van der Waals surface area contributed by atoms with E-state index in [4.69, 9.17) is 4.74 Å². The van der Waals surface area contributed by atoms with Crippen LogP contribution in [0.2, 0.25) is 0 Å². The molecule has 1 N–H and O–H groups in total. The van der Waals surface area contributed by atoms with E-state index in [1.54, 1.807) is 16.9 Å². The Kier molecular flexibility index (Phi) is 7.74. The van der Waals surface area contributed by atoms with Crippen molar-refractivity contribution in [1.29, 1.82) is 0 Å². The number of amides is 3. The summed E-state index contributed by atoms with van der Waals surface area (Å²) >= 11 is 0. The SMILES string of the molecule is COc1ccc(-c2cc(C(=O)N3CCN(C(=O)Nc4ccc(C(F)(F)F)cc4)CC3)c(C)n2-c2ccccc2)cc1. The minimum absolute atomic E-state index is 0.130. The van der Waals surface area contributed by atoms with E-state index in [1.807, 2.05) is 67.6 Å². The molecule has 41 heavy (non-hydrogen) atoms. The van der Waals surface area contributed by atoms with Gasteiger partial charge in [0, 0.05) is 43.2 Å². The summed E-state index contributed by atoms with van der Waals surface area (Å²) in [7, 11) is 1.61. The van der Waals surface area contributed by atoms with Gasteiger partial charge in [-0.25, -0.2) is 4.79 Å². The van der Waals surface area contributed by atoms with Crippen molar-refractivity contribution in [2.75, 3.05) is 38.6 Å². The van der Waals surface area contributed by atoms with Crippen molar-refractivity contribution in [2.24, 2.45) is 0 Å². The number of nitrogens with zero attached hydrogens (tertiary/aromatic N) is 3. The topological polar surface area (TPSA) is 66.8 Å². The second-order valence-corrected chi connectivity index (χ2v) is 9.71. The highest BCUT2D eigenvalue weighted by molar-refractivity contribution is 5.97. The highest BCUT2D eigenvalue weighted by atomic mass is 19.4. The van der Waals surface area contributed by atoms with Crippen LogP contribution in [0.4, 0.5) is 23.7 Å². The quantitative estimate of drug-likeness (QED) is 0.303. The summed E-state index contributed by atoms with van der Waals surface area (Å²) in [6, 6.07) is 23.2. The molecule has 3 amide bonds. The number of hydrogen-bond acceptors (Lipinski definition) is 3. The molecule has 10 heteroatoms. The molecule has 2 heterocycles. The van der Waals surface area contributed by atoms with Crippen LogP contribution in [0.25, 0.3) is 16.9 Å². The zero-order valence-electron chi connectivity index (χ0n) is 22.6. The number of alkyl halides is 3. The molecule has 1 aromatic heterocycles. The number of urea groups is 1. The first-order valence-corrected chi connectivity index (χ1v) is 13.1. The molecule has 7 nitrogen and oxygen atoms in total. The van der Waals surface area contributed by atoms with Crippen LogP contribution in [-0.2, 0) is 6.18 Å². The van der Waals surface area contributed by atoms with Crippen LogP contribution >= 0.6 is 0 Å². The van der Waals surface area contributed by atoms with Crippen molar-refractivity contribution < 1.29 is 27.5 Å². The fourth-order valence-electron chi connectivity index (χ4n) is 4.94. The van der Waals surface area contributed by atoms with Gasteiger partial charge in [0.25, 0.3) is 5.91 Å². The van der Waals surface area contributed by atoms with Gasteiger partial charge in [0.15, 0.2) is 0 Å². The fourth-order valence-corrected chi connectivity index (χ4v) is 4.94. The van der Waals surface area contributed by atoms with E-state index < -0.39 is 17.8 Å². The average molecular weight is 563 g/mol. The minimum Gasteiger partial charge on any atom is -0.497 e. The Bertz CT molecular complexity index is 1520. The smallest absolute Gasteiger partial charge is 0.416 e. The first-order valence-electron chi connectivity index (χ1n) is 13.1. The Morgan fingerprint density at radius 2 is 1.44 bits per heavy atom. The standard InChI is InChI=1S/C31H29F3N4O3/c1-21-27(20-28(22-8-14-26(41-2)15-9-22)38(21)25-6-4-3-5-7-25)29(39)36-16-18-37(19-17-36)30(40)35-24-12-10-23(11-13-24)31(32,33)34/h3-15,20H,16-19H2,1-2H3,(H,35,40). The zero-order chi connectivity index (χ0) is 29.1. The molecule has 4 aromatic rings. The van der Waals surface area contributed by atoms with Gasteiger partial charge in [0.05, 0.1) is 23.9 Å². The number of aromatic nitrogens is 1. The van der Waals surface area contributed by atoms with Gasteiger partial charge in [0.2, 0.25) is 0 Å². The lowest BCUT2D eigenvalue weighted by Crippen LogP contribution is -2.51. The van der Waals surface area contributed by atoms with Crippen LogP contribution in [0.1, 0.15) is 21.6 Å². The lowest BCUT2D eigenvalue weighted by molar-refractivity contribution is -0.137. The fraction of sp³-hybridized carbons (Fsp3) is 0.226. The third kappa shape index (κ3) is 5.91. The van der Waals surface area contributed by atoms with Crippen molar-refractivity contribution in [3.63, 3.8) is 0 Å². The molecule has 0 atom stereocenters. The summed E-state index contributed by atoms with van der Waals surface area (Å²) in [4.78, 5) is 29.7. The number of para-hydroxylation sites is 1. The largest absolute Gasteiger partial charge is 0.497 e. The molecule has 0 unspecified atom stereocenters. The Morgan fingerprint density at radius 1 is 0.829 bits per heavy atom. The molecule has 1 aliphatic rings. The van der Waals surface area contributed by atoms with Gasteiger partial charge in [-0.15, -0.1) is 0 Å². The lowest BCUT2D eigenvalue weighted by Gasteiger charge is -2.34. The highest BCUT2D eigenvalue weighted by Crippen LogP contribution is 2.32. The van der Waals surface area contributed by atoms with Crippen LogP contribution < -0.4 is 10.1 Å². The summed E-state index contributed by atoms with van der Waals surface area (Å²) in [6.07, 6.45) is -4.44. The van der Waals surface area contributed by atoms with Gasteiger partial charge in [-0.3, -0.25) is 4.79 Å². The summed E-state index contributed by atoms with van der Waals surface area (Å²) in [5.41, 5.74) is 3.59. The first-order chi connectivity index (χ1) is 19.7. The molecule has 0 saturated carbocycles. The monoisotopic (exact) mass is 562 g/mol. The van der Waals surface area contributed by atoms with Gasteiger partial charge in [-0.2, -0.15) is 13.2 Å². The van der Waals surface area contributed by atoms with E-state index in [2.05, 4.69) is 9.88 Å². The molecule has 0 bridgehead atoms. The second-order valence-electron chi connectivity index (χ2n) is 9.71. The number of nitrogens with one attached hydrogen (secondary N) is 1. The zero-order valence-corrected chi connectivity index (χ0v) is 22.6. The van der Waals surface area contributed by atoms with Crippen molar-refractivity contribution in [2.45, 2.75) is 13.1 Å². The van der Waals surface area contributed by atoms with E-state index in [0.29, 0.717) is 31.7 Å². The maximum absolute atomic E-state index is 13.7. The van der Waals surface area contributed by atoms with Gasteiger partial charge >= 0.3 is 12.2 Å². The van der Waals surface area contributed by atoms with Gasteiger partial charge in [-0.1, -0.05) is 18.2 Å². The molecule has 3 aromatic carbocycles. The van der Waals surface area contributed by atoms with E-state index in [1.165, 1.54) is 12.1 Å². The molecule has 0 aliphatic carbocycles. The first kappa shape index (κ1) is 27.8. The van der Waals surface area contributed by atoms with E-state index in [9.17, 15) is 22.8 Å². The Hall–Kier alpha value is -4.73. The number of carbonyl (C=O) groups is 2. The number of ether oxygens (including phenoxy) is 1. The summed E-state index contributed by atoms with van der Waals surface area (Å²) in [5, 5.41) is 2.63. The highest BCUT2D eigenvalue weighted by Gasteiger charge is 2.31. The number of methoxy groups -OCH3 is 1. The predicted octanol–water partition coefficient (Wildman–Crippen LogP) is 6.47. The summed E-state index contributed by atoms with van der Waals surface area (Å²) in [6.45, 7) is 3.16. The third-order valence-electron chi connectivity index (χ3n) is 7.20. The lowest BCUT2D eigenvalue weighted by atomic mass is 10.1. The van der Waals surface area contributed by atoms with Crippen molar-refractivity contribution in [3.05, 3.63) is 102 Å². The number of hydrogen-bond donors (Lipinski definition) is 1. The van der Waals surface area contributed by atoms with Crippen LogP contribution in [0.5, 0.6) is 5.75 Å². The molecule has 1 saturated heterocycles. The predicted molar refractivity (Wildman–Crippen MR) is 150 cm³/mol. The molecule has 0 spiro atoms. The number of benzene rings is 3. The van der Waals surface area contributed by atoms with E-state index in [-0.39, 0.29) is 11.6 Å². The Labute approximate surface area is 235 Å². The number of rotatable bonds is 5. The maximum atomic E-state index is 13.7. The number of anilines is 1. The molecular weight excluding hydrogens is 533 g/mol. The van der Waals surface area contributed by atoms with Crippen molar-refractivity contribution in [3.8, 4) is 22.7 Å². The summed E-state index contributed by atoms with van der Waals surface area (Å²) in [5.74, 6) is 0.606. The Balaban J connectivity index is 1.31. The molecule has 212 valence electrons. The molecule has 1 fully saturated rings. The normalized spacial score (nSPS) is 13.7. The molecular formula is C31H29F3N4O3. The third-order valence-corrected chi connectivity index (χ3v) is 7.20. The Morgan fingerprint density at radius 3 is 2.02 bits per heavy atom. The van der Waals surface area contributed by atoms with Crippen molar-refractivity contribution in [1.82, 2.24) is 14.4 Å². The minimum atomic E-state index is -4.44. The van der Waals surface area contributed by atoms with E-state index >= 15 is 0 Å². The average Bonchev–Trinajstić information content (AvgIpc) is 3.34. The van der Waals surface area contributed by atoms with Crippen LogP contribution in [0, 0.1) is 6.92 Å². The van der Waals surface area contributed by atoms with Crippen LogP contribution in [0.3, 0.4) is 0 Å².